The highest BCUT2D eigenvalue weighted by Crippen LogP contribution is 2.25. The van der Waals surface area contributed by atoms with Crippen molar-refractivity contribution >= 4 is 21.9 Å². The molecule has 0 aromatic heterocycles. The summed E-state index contributed by atoms with van der Waals surface area (Å²) >= 11 is 0. The fourth-order valence-corrected chi connectivity index (χ4v) is 5.09. The first-order valence-corrected chi connectivity index (χ1v) is 10.7. The quantitative estimate of drug-likeness (QED) is 0.737. The molecule has 2 unspecified atom stereocenters. The molecular weight excluding hydrogens is 368 g/mol. The molecule has 0 spiro atoms. The van der Waals surface area contributed by atoms with Crippen molar-refractivity contribution < 1.29 is 23.1 Å². The van der Waals surface area contributed by atoms with Gasteiger partial charge in [-0.25, -0.2) is 13.2 Å². The minimum atomic E-state index is -3.60. The van der Waals surface area contributed by atoms with Crippen LogP contribution in [0.15, 0.2) is 29.2 Å². The Morgan fingerprint density at radius 2 is 1.89 bits per heavy atom. The zero-order valence-electron chi connectivity index (χ0n) is 16.1. The van der Waals surface area contributed by atoms with E-state index in [-0.39, 0.29) is 16.5 Å². The summed E-state index contributed by atoms with van der Waals surface area (Å²) in [5.74, 6) is -1.64. The van der Waals surface area contributed by atoms with Gasteiger partial charge in [0.1, 0.15) is 5.54 Å². The molecule has 0 radical (unpaired) electrons. The van der Waals surface area contributed by atoms with Gasteiger partial charge in [-0.1, -0.05) is 19.8 Å². The van der Waals surface area contributed by atoms with E-state index in [9.17, 15) is 23.1 Å². The van der Waals surface area contributed by atoms with E-state index < -0.39 is 27.4 Å². The molecule has 0 bridgehead atoms. The van der Waals surface area contributed by atoms with Crippen LogP contribution in [0.2, 0.25) is 0 Å². The molecule has 2 rings (SSSR count). The number of carboxylic acids is 1. The van der Waals surface area contributed by atoms with Gasteiger partial charge in [0.05, 0.1) is 4.90 Å². The van der Waals surface area contributed by atoms with Crippen molar-refractivity contribution in [1.29, 1.82) is 0 Å². The van der Waals surface area contributed by atoms with E-state index in [0.717, 1.165) is 19.3 Å². The van der Waals surface area contributed by atoms with Gasteiger partial charge in [0.25, 0.3) is 5.91 Å². The number of benzene rings is 1. The second-order valence-corrected chi connectivity index (χ2v) is 9.22. The van der Waals surface area contributed by atoms with E-state index in [4.69, 9.17) is 0 Å². The molecule has 1 saturated heterocycles. The average molecular weight is 397 g/mol. The molecule has 1 aliphatic heterocycles. The molecule has 7 nitrogen and oxygen atoms in total. The Balaban J connectivity index is 2.19. The smallest absolute Gasteiger partial charge is 0.329 e. The van der Waals surface area contributed by atoms with Crippen molar-refractivity contribution in [3.63, 3.8) is 0 Å². The number of sulfonamides is 1. The van der Waals surface area contributed by atoms with Crippen LogP contribution in [0.1, 0.15) is 63.2 Å². The summed E-state index contributed by atoms with van der Waals surface area (Å²) in [4.78, 5) is 24.0. The van der Waals surface area contributed by atoms with Crippen LogP contribution in [-0.4, -0.2) is 47.8 Å². The Kier molecular flexibility index (Phi) is 6.64. The predicted molar refractivity (Wildman–Crippen MR) is 102 cm³/mol. The number of amides is 1. The first-order valence-electron chi connectivity index (χ1n) is 9.29. The number of rotatable bonds is 7. The molecular formula is C19H28N2O5S. The number of aliphatic carboxylic acids is 1. The van der Waals surface area contributed by atoms with Crippen molar-refractivity contribution in [3.8, 4) is 0 Å². The Morgan fingerprint density at radius 3 is 2.41 bits per heavy atom. The van der Waals surface area contributed by atoms with Crippen LogP contribution >= 0.6 is 0 Å². The lowest BCUT2D eigenvalue weighted by Crippen LogP contribution is -2.52. The van der Waals surface area contributed by atoms with Gasteiger partial charge < -0.3 is 10.4 Å². The van der Waals surface area contributed by atoms with Crippen LogP contribution in [0.3, 0.4) is 0 Å². The van der Waals surface area contributed by atoms with Crippen LogP contribution < -0.4 is 5.32 Å². The number of hydrogen-bond donors (Lipinski definition) is 2. The summed E-state index contributed by atoms with van der Waals surface area (Å²) in [7, 11) is -3.60. The summed E-state index contributed by atoms with van der Waals surface area (Å²) in [6.07, 6.45) is 3.61. The van der Waals surface area contributed by atoms with E-state index in [1.165, 1.54) is 35.5 Å². The molecule has 0 aliphatic carbocycles. The lowest BCUT2D eigenvalue weighted by Gasteiger charge is -2.32. The fraction of sp³-hybridized carbons (Fsp3) is 0.579. The fourth-order valence-electron chi connectivity index (χ4n) is 3.39. The number of carbonyl (C=O) groups excluding carboxylic acids is 1. The van der Waals surface area contributed by atoms with E-state index in [1.54, 1.807) is 0 Å². The van der Waals surface area contributed by atoms with E-state index in [0.29, 0.717) is 19.4 Å². The van der Waals surface area contributed by atoms with Crippen molar-refractivity contribution in [2.45, 2.75) is 69.4 Å². The molecule has 1 heterocycles. The number of hydrogen-bond acceptors (Lipinski definition) is 4. The normalized spacial score (nSPS) is 20.6. The summed E-state index contributed by atoms with van der Waals surface area (Å²) in [5, 5.41) is 11.9. The zero-order chi connectivity index (χ0) is 20.2. The van der Waals surface area contributed by atoms with Crippen LogP contribution in [-0.2, 0) is 14.8 Å². The van der Waals surface area contributed by atoms with Gasteiger partial charge in [-0.05, 0) is 57.4 Å². The summed E-state index contributed by atoms with van der Waals surface area (Å²) in [5.41, 5.74) is -1.14. The Bertz CT molecular complexity index is 791. The monoisotopic (exact) mass is 396 g/mol. The lowest BCUT2D eigenvalue weighted by atomic mass is 9.96. The minimum Gasteiger partial charge on any atom is -0.480 e. The van der Waals surface area contributed by atoms with E-state index in [1.807, 2.05) is 13.8 Å². The average Bonchev–Trinajstić information content (AvgIpc) is 2.62. The number of piperidine rings is 1. The molecule has 1 aliphatic rings. The van der Waals surface area contributed by atoms with Gasteiger partial charge in [-0.15, -0.1) is 0 Å². The molecule has 0 saturated carbocycles. The third-order valence-corrected chi connectivity index (χ3v) is 7.10. The van der Waals surface area contributed by atoms with Gasteiger partial charge in [-0.3, -0.25) is 4.79 Å². The molecule has 1 amide bonds. The summed E-state index contributed by atoms with van der Waals surface area (Å²) < 4.78 is 27.2. The molecule has 2 N–H and O–H groups in total. The van der Waals surface area contributed by atoms with Crippen molar-refractivity contribution in [2.24, 2.45) is 0 Å². The van der Waals surface area contributed by atoms with Crippen LogP contribution in [0.5, 0.6) is 0 Å². The van der Waals surface area contributed by atoms with Gasteiger partial charge in [0, 0.05) is 18.2 Å². The van der Waals surface area contributed by atoms with Crippen LogP contribution in [0.4, 0.5) is 0 Å². The standard InChI is InChI=1S/C19H28N2O5S/c1-4-12-19(3,18(23)24)20-17(22)15-8-10-16(11-9-15)27(25,26)21-13-6-5-7-14(21)2/h8-11,14H,4-7,12-13H2,1-3H3,(H,20,22)(H,23,24). The number of nitrogens with one attached hydrogen (secondary N) is 1. The number of carbonyl (C=O) groups is 2. The maximum atomic E-state index is 12.8. The molecule has 150 valence electrons. The topological polar surface area (TPSA) is 104 Å². The maximum absolute atomic E-state index is 12.8. The van der Waals surface area contributed by atoms with Crippen molar-refractivity contribution in [1.82, 2.24) is 9.62 Å². The number of carboxylic acid groups (broad SMARTS) is 1. The predicted octanol–water partition coefficient (Wildman–Crippen LogP) is 2.62. The third-order valence-electron chi connectivity index (χ3n) is 5.08. The molecule has 8 heteroatoms. The Labute approximate surface area is 160 Å². The second kappa shape index (κ2) is 8.39. The van der Waals surface area contributed by atoms with Crippen molar-refractivity contribution in [3.05, 3.63) is 29.8 Å². The maximum Gasteiger partial charge on any atom is 0.329 e. The molecule has 2 atom stereocenters. The molecule has 1 aromatic rings. The largest absolute Gasteiger partial charge is 0.480 e. The molecule has 1 fully saturated rings. The highest BCUT2D eigenvalue weighted by atomic mass is 32.2. The van der Waals surface area contributed by atoms with E-state index >= 15 is 0 Å². The Morgan fingerprint density at radius 1 is 1.26 bits per heavy atom. The van der Waals surface area contributed by atoms with Gasteiger partial charge in [0.2, 0.25) is 10.0 Å². The third kappa shape index (κ3) is 4.68. The zero-order valence-corrected chi connectivity index (χ0v) is 16.9. The van der Waals surface area contributed by atoms with Crippen LogP contribution in [0, 0.1) is 0 Å². The van der Waals surface area contributed by atoms with E-state index in [2.05, 4.69) is 5.32 Å². The number of nitrogens with zero attached hydrogens (tertiary/aromatic N) is 1. The van der Waals surface area contributed by atoms with Crippen molar-refractivity contribution in [2.75, 3.05) is 6.54 Å². The molecule has 1 aromatic carbocycles. The SMILES string of the molecule is CCCC(C)(NC(=O)c1ccc(S(=O)(=O)N2CCCCC2C)cc1)C(=O)O. The highest BCUT2D eigenvalue weighted by molar-refractivity contribution is 7.89. The first-order chi connectivity index (χ1) is 12.6. The first kappa shape index (κ1) is 21.4. The summed E-state index contributed by atoms with van der Waals surface area (Å²) in [6.45, 7) is 5.71. The second-order valence-electron chi connectivity index (χ2n) is 7.33. The minimum absolute atomic E-state index is 0.0444. The van der Waals surface area contributed by atoms with Gasteiger partial charge in [0.15, 0.2) is 0 Å². The lowest BCUT2D eigenvalue weighted by molar-refractivity contribution is -0.144. The summed E-state index contributed by atoms with van der Waals surface area (Å²) in [6, 6.07) is 5.61. The molecule has 27 heavy (non-hydrogen) atoms. The van der Waals surface area contributed by atoms with Crippen LogP contribution in [0.25, 0.3) is 0 Å². The van der Waals surface area contributed by atoms with Gasteiger partial charge in [-0.2, -0.15) is 4.31 Å². The Hall–Kier alpha value is -1.93. The highest BCUT2D eigenvalue weighted by Gasteiger charge is 2.34. The van der Waals surface area contributed by atoms with Gasteiger partial charge >= 0.3 is 5.97 Å².